The summed E-state index contributed by atoms with van der Waals surface area (Å²) in [6.45, 7) is 0.636. The fourth-order valence-corrected chi connectivity index (χ4v) is 5.51. The van der Waals surface area contributed by atoms with Gasteiger partial charge in [0.05, 0.1) is 4.91 Å². The van der Waals surface area contributed by atoms with Gasteiger partial charge in [0.15, 0.2) is 0 Å². The maximum atomic E-state index is 12.5. The van der Waals surface area contributed by atoms with Gasteiger partial charge in [-0.1, -0.05) is 55.7 Å². The predicted octanol–water partition coefficient (Wildman–Crippen LogP) is 4.96. The van der Waals surface area contributed by atoms with E-state index in [2.05, 4.69) is 5.32 Å². The fraction of sp³-hybridized carbons (Fsp3) is 0.550. The zero-order chi connectivity index (χ0) is 19.1. The molecule has 7 heteroatoms. The molecule has 1 aliphatic heterocycles. The van der Waals surface area contributed by atoms with Crippen molar-refractivity contribution in [3.63, 3.8) is 0 Å². The van der Waals surface area contributed by atoms with Crippen molar-refractivity contribution < 1.29 is 9.59 Å². The van der Waals surface area contributed by atoms with E-state index in [0.29, 0.717) is 28.2 Å². The number of nitrogens with zero attached hydrogens (tertiary/aromatic N) is 1. The van der Waals surface area contributed by atoms with Crippen molar-refractivity contribution in [1.82, 2.24) is 10.2 Å². The lowest BCUT2D eigenvalue weighted by molar-refractivity contribution is -0.123. The number of thioether (sulfide) groups is 1. The van der Waals surface area contributed by atoms with Gasteiger partial charge in [-0.15, -0.1) is 11.3 Å². The van der Waals surface area contributed by atoms with Crippen LogP contribution < -0.4 is 5.32 Å². The Morgan fingerprint density at radius 1 is 1.26 bits per heavy atom. The normalized spacial score (nSPS) is 19.9. The molecule has 1 aliphatic carbocycles. The van der Waals surface area contributed by atoms with E-state index in [4.69, 9.17) is 12.2 Å². The molecule has 1 aromatic heterocycles. The van der Waals surface area contributed by atoms with Crippen LogP contribution >= 0.6 is 35.3 Å². The SMILES string of the molecule is O=C(CCCCCN1C(=O)/C(=C\c2cccs2)SC1=S)NC1CCCCC1. The smallest absolute Gasteiger partial charge is 0.266 e. The quantitative estimate of drug-likeness (QED) is 0.365. The topological polar surface area (TPSA) is 49.4 Å². The molecule has 2 amide bonds. The van der Waals surface area contributed by atoms with Gasteiger partial charge in [0.1, 0.15) is 4.32 Å². The van der Waals surface area contributed by atoms with Crippen LogP contribution in [0.15, 0.2) is 22.4 Å². The lowest BCUT2D eigenvalue weighted by Crippen LogP contribution is -2.36. The van der Waals surface area contributed by atoms with Crippen molar-refractivity contribution in [2.45, 2.75) is 63.8 Å². The third kappa shape index (κ3) is 6.16. The number of hydrogen-bond acceptors (Lipinski definition) is 5. The molecule has 0 atom stereocenters. The van der Waals surface area contributed by atoms with Gasteiger partial charge in [-0.05, 0) is 43.2 Å². The van der Waals surface area contributed by atoms with Crippen LogP contribution in [0, 0.1) is 0 Å². The van der Waals surface area contributed by atoms with Crippen LogP contribution in [-0.2, 0) is 9.59 Å². The van der Waals surface area contributed by atoms with Crippen LogP contribution in [0.3, 0.4) is 0 Å². The minimum absolute atomic E-state index is 0.00782. The predicted molar refractivity (Wildman–Crippen MR) is 118 cm³/mol. The second-order valence-corrected chi connectivity index (χ2v) is 9.72. The number of thiophene rings is 1. The van der Waals surface area contributed by atoms with E-state index in [1.54, 1.807) is 16.2 Å². The average molecular weight is 423 g/mol. The number of hydrogen-bond donors (Lipinski definition) is 1. The molecule has 0 unspecified atom stereocenters. The van der Waals surface area contributed by atoms with Crippen molar-refractivity contribution in [2.75, 3.05) is 6.54 Å². The van der Waals surface area contributed by atoms with Gasteiger partial charge < -0.3 is 5.32 Å². The molecule has 1 N–H and O–H groups in total. The van der Waals surface area contributed by atoms with E-state index < -0.39 is 0 Å². The molecule has 2 heterocycles. The molecular weight excluding hydrogens is 396 g/mol. The average Bonchev–Trinajstić information content (AvgIpc) is 3.26. The third-order valence-electron chi connectivity index (χ3n) is 4.95. The van der Waals surface area contributed by atoms with Crippen LogP contribution in [-0.4, -0.2) is 33.6 Å². The highest BCUT2D eigenvalue weighted by molar-refractivity contribution is 8.26. The van der Waals surface area contributed by atoms with Crippen LogP contribution in [0.4, 0.5) is 0 Å². The summed E-state index contributed by atoms with van der Waals surface area (Å²) in [6, 6.07) is 4.36. The molecule has 1 aromatic rings. The van der Waals surface area contributed by atoms with Gasteiger partial charge in [0.25, 0.3) is 5.91 Å². The minimum Gasteiger partial charge on any atom is -0.353 e. The molecule has 1 saturated heterocycles. The highest BCUT2D eigenvalue weighted by Crippen LogP contribution is 2.33. The number of thiocarbonyl (C=S) groups is 1. The minimum atomic E-state index is 0.00782. The zero-order valence-corrected chi connectivity index (χ0v) is 17.9. The summed E-state index contributed by atoms with van der Waals surface area (Å²) in [7, 11) is 0. The van der Waals surface area contributed by atoms with Gasteiger partial charge in [0.2, 0.25) is 5.91 Å². The Hall–Kier alpha value is -1.18. The van der Waals surface area contributed by atoms with Crippen molar-refractivity contribution >= 4 is 57.5 Å². The first-order chi connectivity index (χ1) is 13.1. The Morgan fingerprint density at radius 2 is 2.07 bits per heavy atom. The summed E-state index contributed by atoms with van der Waals surface area (Å²) >= 11 is 8.36. The van der Waals surface area contributed by atoms with Crippen LogP contribution in [0.1, 0.15) is 62.7 Å². The highest BCUT2D eigenvalue weighted by atomic mass is 32.2. The van der Waals surface area contributed by atoms with Crippen molar-refractivity contribution in [3.8, 4) is 0 Å². The van der Waals surface area contributed by atoms with E-state index in [0.717, 1.165) is 37.0 Å². The van der Waals surface area contributed by atoms with Gasteiger partial charge in [-0.2, -0.15) is 0 Å². The first-order valence-electron chi connectivity index (χ1n) is 9.72. The lowest BCUT2D eigenvalue weighted by atomic mass is 9.95. The molecule has 3 rings (SSSR count). The summed E-state index contributed by atoms with van der Waals surface area (Å²) in [4.78, 5) is 28.0. The lowest BCUT2D eigenvalue weighted by Gasteiger charge is -2.22. The second kappa shape index (κ2) is 10.4. The fourth-order valence-electron chi connectivity index (χ4n) is 3.47. The Balaban J connectivity index is 1.34. The zero-order valence-electron chi connectivity index (χ0n) is 15.4. The van der Waals surface area contributed by atoms with E-state index in [1.807, 2.05) is 23.6 Å². The molecule has 0 bridgehead atoms. The first-order valence-corrected chi connectivity index (χ1v) is 11.8. The van der Waals surface area contributed by atoms with Gasteiger partial charge >= 0.3 is 0 Å². The Kier molecular flexibility index (Phi) is 7.91. The van der Waals surface area contributed by atoms with E-state index in [9.17, 15) is 9.59 Å². The first kappa shape index (κ1) is 20.6. The van der Waals surface area contributed by atoms with Crippen molar-refractivity contribution in [1.29, 1.82) is 0 Å². The molecule has 27 heavy (non-hydrogen) atoms. The molecule has 1 saturated carbocycles. The van der Waals surface area contributed by atoms with E-state index in [-0.39, 0.29) is 11.8 Å². The van der Waals surface area contributed by atoms with Gasteiger partial charge in [-0.25, -0.2) is 0 Å². The number of carbonyl (C=O) groups is 2. The molecule has 2 aliphatic rings. The van der Waals surface area contributed by atoms with E-state index >= 15 is 0 Å². The molecule has 0 radical (unpaired) electrons. The summed E-state index contributed by atoms with van der Waals surface area (Å²) < 4.78 is 0.637. The number of nitrogens with one attached hydrogen (secondary N) is 1. The van der Waals surface area contributed by atoms with Crippen LogP contribution in [0.25, 0.3) is 6.08 Å². The number of amides is 2. The second-order valence-electron chi connectivity index (χ2n) is 7.06. The molecular formula is C20H26N2O2S3. The molecule has 0 spiro atoms. The summed E-state index contributed by atoms with van der Waals surface area (Å²) in [5.41, 5.74) is 0. The molecule has 4 nitrogen and oxygen atoms in total. The highest BCUT2D eigenvalue weighted by Gasteiger charge is 2.31. The maximum Gasteiger partial charge on any atom is 0.266 e. The molecule has 2 fully saturated rings. The summed E-state index contributed by atoms with van der Waals surface area (Å²) in [6.07, 6.45) is 11.2. The summed E-state index contributed by atoms with van der Waals surface area (Å²) in [5.74, 6) is 0.180. The Labute approximate surface area is 174 Å². The number of rotatable bonds is 8. The van der Waals surface area contributed by atoms with Crippen LogP contribution in [0.5, 0.6) is 0 Å². The Morgan fingerprint density at radius 3 is 2.81 bits per heavy atom. The largest absolute Gasteiger partial charge is 0.353 e. The standard InChI is InChI=1S/C20H26N2O2S3/c23-18(21-15-8-3-1-4-9-15)11-5-2-6-12-22-19(24)17(27-20(22)25)14-16-10-7-13-26-16/h7,10,13-15H,1-6,8-9,11-12H2,(H,21,23)/b17-14+. The van der Waals surface area contributed by atoms with Crippen LogP contribution in [0.2, 0.25) is 0 Å². The van der Waals surface area contributed by atoms with E-state index in [1.165, 1.54) is 31.0 Å². The third-order valence-corrected chi connectivity index (χ3v) is 7.14. The molecule has 146 valence electrons. The van der Waals surface area contributed by atoms with Crippen molar-refractivity contribution in [2.24, 2.45) is 0 Å². The summed E-state index contributed by atoms with van der Waals surface area (Å²) in [5, 5.41) is 5.15. The van der Waals surface area contributed by atoms with Gasteiger partial charge in [-0.3, -0.25) is 14.5 Å². The van der Waals surface area contributed by atoms with Crippen molar-refractivity contribution in [3.05, 3.63) is 27.3 Å². The maximum absolute atomic E-state index is 12.5. The van der Waals surface area contributed by atoms with Gasteiger partial charge in [0, 0.05) is 23.9 Å². The monoisotopic (exact) mass is 422 g/mol. The Bertz CT molecular complexity index is 694. The molecule has 0 aromatic carbocycles. The number of unbranched alkanes of at least 4 members (excludes halogenated alkanes) is 2. The number of carbonyl (C=O) groups excluding carboxylic acids is 2.